The molecule has 0 saturated carbocycles. The molecule has 9 heteroatoms. The zero-order valence-corrected chi connectivity index (χ0v) is 18.1. The number of imidazole rings is 1. The minimum Gasteiger partial charge on any atom is -0.357 e. The number of hydrogen-bond acceptors (Lipinski definition) is 5. The fourth-order valence-corrected chi connectivity index (χ4v) is 4.19. The van der Waals surface area contributed by atoms with Gasteiger partial charge < -0.3 is 14.8 Å². The Labute approximate surface area is 189 Å². The standard InChI is InChI=1S/C24H22N6O3/c1-16-13-27-22(30-8-7-25-15-30)20-19(16)18(14-26-20)21(31)24(33)29-11-9-28(10-12-29)23(32)17-5-3-2-4-6-17/h2-8,13-15,26H,9-12H2,1H3. The van der Waals surface area contributed by atoms with Crippen molar-refractivity contribution in [3.8, 4) is 5.82 Å². The third-order valence-electron chi connectivity index (χ3n) is 5.94. The molecule has 3 aromatic heterocycles. The molecule has 2 amide bonds. The number of piperazine rings is 1. The van der Waals surface area contributed by atoms with E-state index in [1.165, 1.54) is 4.90 Å². The van der Waals surface area contributed by atoms with Crippen molar-refractivity contribution in [2.24, 2.45) is 0 Å². The maximum Gasteiger partial charge on any atom is 0.295 e. The molecule has 1 fully saturated rings. The lowest BCUT2D eigenvalue weighted by atomic mass is 10.1. The molecule has 33 heavy (non-hydrogen) atoms. The predicted octanol–water partition coefficient (Wildman–Crippen LogP) is 2.22. The van der Waals surface area contributed by atoms with E-state index < -0.39 is 11.7 Å². The maximum absolute atomic E-state index is 13.2. The van der Waals surface area contributed by atoms with Crippen molar-refractivity contribution in [2.45, 2.75) is 6.92 Å². The average Bonchev–Trinajstić information content (AvgIpc) is 3.55. The van der Waals surface area contributed by atoms with E-state index in [1.54, 1.807) is 52.7 Å². The van der Waals surface area contributed by atoms with Crippen LogP contribution in [-0.4, -0.2) is 73.1 Å². The lowest BCUT2D eigenvalue weighted by Gasteiger charge is -2.34. The molecule has 0 bridgehead atoms. The summed E-state index contributed by atoms with van der Waals surface area (Å²) >= 11 is 0. The third kappa shape index (κ3) is 3.67. The normalized spacial score (nSPS) is 14.0. The summed E-state index contributed by atoms with van der Waals surface area (Å²) in [5, 5.41) is 0.671. The monoisotopic (exact) mass is 442 g/mol. The lowest BCUT2D eigenvalue weighted by molar-refractivity contribution is -0.127. The molecule has 1 N–H and O–H groups in total. The smallest absolute Gasteiger partial charge is 0.295 e. The van der Waals surface area contributed by atoms with Crippen molar-refractivity contribution in [3.63, 3.8) is 0 Å². The molecule has 5 rings (SSSR count). The van der Waals surface area contributed by atoms with Crippen LogP contribution in [0.1, 0.15) is 26.3 Å². The number of ketones is 1. The molecular weight excluding hydrogens is 420 g/mol. The molecule has 0 spiro atoms. The second kappa shape index (κ2) is 8.34. The van der Waals surface area contributed by atoms with E-state index in [1.807, 2.05) is 25.1 Å². The molecule has 9 nitrogen and oxygen atoms in total. The summed E-state index contributed by atoms with van der Waals surface area (Å²) in [7, 11) is 0. The lowest BCUT2D eigenvalue weighted by Crippen LogP contribution is -2.52. The van der Waals surface area contributed by atoms with Crippen LogP contribution in [-0.2, 0) is 4.79 Å². The Bertz CT molecular complexity index is 1340. The summed E-state index contributed by atoms with van der Waals surface area (Å²) in [4.78, 5) is 53.7. The third-order valence-corrected chi connectivity index (χ3v) is 5.94. The van der Waals surface area contributed by atoms with Crippen LogP contribution in [0, 0.1) is 6.92 Å². The highest BCUT2D eigenvalue weighted by Gasteiger charge is 2.30. The largest absolute Gasteiger partial charge is 0.357 e. The van der Waals surface area contributed by atoms with Gasteiger partial charge >= 0.3 is 0 Å². The second-order valence-electron chi connectivity index (χ2n) is 7.97. The summed E-state index contributed by atoms with van der Waals surface area (Å²) in [5.74, 6) is -0.605. The molecule has 0 radical (unpaired) electrons. The highest BCUT2D eigenvalue weighted by atomic mass is 16.2. The first-order valence-corrected chi connectivity index (χ1v) is 10.7. The van der Waals surface area contributed by atoms with E-state index >= 15 is 0 Å². The molecule has 166 valence electrons. The summed E-state index contributed by atoms with van der Waals surface area (Å²) in [6.45, 7) is 3.25. The number of carbonyl (C=O) groups excluding carboxylic acids is 3. The Kier molecular flexibility index (Phi) is 5.21. The summed E-state index contributed by atoms with van der Waals surface area (Å²) in [6, 6.07) is 9.05. The number of aromatic amines is 1. The number of nitrogens with one attached hydrogen (secondary N) is 1. The molecule has 0 unspecified atom stereocenters. The molecule has 1 aromatic carbocycles. The zero-order valence-electron chi connectivity index (χ0n) is 18.1. The predicted molar refractivity (Wildman–Crippen MR) is 121 cm³/mol. The number of amides is 2. The minimum atomic E-state index is -0.574. The van der Waals surface area contributed by atoms with E-state index in [0.717, 1.165) is 5.56 Å². The Morgan fingerprint density at radius 2 is 1.73 bits per heavy atom. The van der Waals surface area contributed by atoms with Crippen molar-refractivity contribution < 1.29 is 14.4 Å². The number of carbonyl (C=O) groups is 3. The second-order valence-corrected chi connectivity index (χ2v) is 7.97. The molecular formula is C24H22N6O3. The molecule has 1 aliphatic heterocycles. The Morgan fingerprint density at radius 3 is 2.42 bits per heavy atom. The zero-order chi connectivity index (χ0) is 22.9. The minimum absolute atomic E-state index is 0.0687. The van der Waals surface area contributed by atoms with Crippen LogP contribution >= 0.6 is 0 Å². The van der Waals surface area contributed by atoms with Gasteiger partial charge in [0.05, 0.1) is 11.1 Å². The summed E-state index contributed by atoms with van der Waals surface area (Å²) < 4.78 is 1.75. The van der Waals surface area contributed by atoms with E-state index in [4.69, 9.17) is 0 Å². The van der Waals surface area contributed by atoms with Crippen molar-refractivity contribution in [3.05, 3.63) is 78.1 Å². The van der Waals surface area contributed by atoms with E-state index in [-0.39, 0.29) is 5.91 Å². The first kappa shape index (κ1) is 20.6. The number of Topliss-reactive ketones (excluding diaryl/α,β-unsaturated/α-hetero) is 1. The number of aromatic nitrogens is 4. The van der Waals surface area contributed by atoms with Gasteiger partial charge in [0.15, 0.2) is 5.82 Å². The SMILES string of the molecule is Cc1cnc(-n2ccnc2)c2[nH]cc(C(=O)C(=O)N3CCN(C(=O)c4ccccc4)CC3)c12. The highest BCUT2D eigenvalue weighted by molar-refractivity contribution is 6.45. The number of H-pyrrole nitrogens is 1. The number of nitrogens with zero attached hydrogens (tertiary/aromatic N) is 5. The number of aryl methyl sites for hydroxylation is 1. The Hall–Kier alpha value is -4.27. The van der Waals surface area contributed by atoms with Gasteiger partial charge in [-0.05, 0) is 24.6 Å². The van der Waals surface area contributed by atoms with Gasteiger partial charge in [0.2, 0.25) is 0 Å². The van der Waals surface area contributed by atoms with Gasteiger partial charge in [-0.25, -0.2) is 9.97 Å². The number of hydrogen-bond donors (Lipinski definition) is 1. The summed E-state index contributed by atoms with van der Waals surface area (Å²) in [5.41, 5.74) is 2.40. The molecule has 4 heterocycles. The van der Waals surface area contributed by atoms with Gasteiger partial charge in [0.1, 0.15) is 6.33 Å². The van der Waals surface area contributed by atoms with Crippen molar-refractivity contribution >= 4 is 28.5 Å². The van der Waals surface area contributed by atoms with Gasteiger partial charge in [0.25, 0.3) is 17.6 Å². The summed E-state index contributed by atoms with van der Waals surface area (Å²) in [6.07, 6.45) is 8.28. The number of pyridine rings is 1. The molecule has 1 aliphatic rings. The molecule has 1 saturated heterocycles. The number of benzene rings is 1. The van der Waals surface area contributed by atoms with Gasteiger partial charge in [-0.15, -0.1) is 0 Å². The van der Waals surface area contributed by atoms with Gasteiger partial charge in [-0.1, -0.05) is 18.2 Å². The van der Waals surface area contributed by atoms with Crippen molar-refractivity contribution in [1.29, 1.82) is 0 Å². The highest BCUT2D eigenvalue weighted by Crippen LogP contribution is 2.27. The van der Waals surface area contributed by atoms with Gasteiger partial charge in [0, 0.05) is 61.9 Å². The van der Waals surface area contributed by atoms with Crippen LogP contribution in [0.5, 0.6) is 0 Å². The van der Waals surface area contributed by atoms with Crippen LogP contribution in [0.2, 0.25) is 0 Å². The molecule has 4 aromatic rings. The average molecular weight is 442 g/mol. The van der Waals surface area contributed by atoms with Crippen molar-refractivity contribution in [2.75, 3.05) is 26.2 Å². The van der Waals surface area contributed by atoms with Crippen LogP contribution in [0.3, 0.4) is 0 Å². The first-order chi connectivity index (χ1) is 16.0. The fraction of sp³-hybridized carbons (Fsp3) is 0.208. The van der Waals surface area contributed by atoms with Crippen molar-refractivity contribution in [1.82, 2.24) is 29.3 Å². The van der Waals surface area contributed by atoms with E-state index in [9.17, 15) is 14.4 Å². The fourth-order valence-electron chi connectivity index (χ4n) is 4.19. The van der Waals surface area contributed by atoms with Gasteiger partial charge in [-0.3, -0.25) is 19.0 Å². The quantitative estimate of drug-likeness (QED) is 0.386. The molecule has 0 atom stereocenters. The van der Waals surface area contributed by atoms with Crippen LogP contribution < -0.4 is 0 Å². The maximum atomic E-state index is 13.2. The van der Waals surface area contributed by atoms with Gasteiger partial charge in [-0.2, -0.15) is 0 Å². The topological polar surface area (TPSA) is 104 Å². The Balaban J connectivity index is 1.34. The van der Waals surface area contributed by atoms with E-state index in [2.05, 4.69) is 15.0 Å². The van der Waals surface area contributed by atoms with E-state index in [0.29, 0.717) is 54.0 Å². The van der Waals surface area contributed by atoms with Crippen LogP contribution in [0.4, 0.5) is 0 Å². The first-order valence-electron chi connectivity index (χ1n) is 10.7. The number of rotatable bonds is 4. The number of fused-ring (bicyclic) bond motifs is 1. The Morgan fingerprint density at radius 1 is 1.00 bits per heavy atom. The van der Waals surface area contributed by atoms with Crippen LogP contribution in [0.25, 0.3) is 16.7 Å². The molecule has 0 aliphatic carbocycles. The van der Waals surface area contributed by atoms with Crippen LogP contribution in [0.15, 0.2) is 61.4 Å².